The minimum atomic E-state index is -2.33. The molecule has 3 aliphatic rings. The molecule has 0 aliphatic carbocycles. The van der Waals surface area contributed by atoms with Gasteiger partial charge in [-0.05, 0) is 79.2 Å². The van der Waals surface area contributed by atoms with Crippen LogP contribution in [-0.2, 0) is 22.6 Å². The molecule has 0 spiro atoms. The molecule has 12 heteroatoms. The van der Waals surface area contributed by atoms with E-state index in [0.717, 1.165) is 47.5 Å². The number of carbonyl (C=O) groups is 1. The van der Waals surface area contributed by atoms with E-state index in [0.29, 0.717) is 18.0 Å². The van der Waals surface area contributed by atoms with Crippen molar-refractivity contribution in [3.05, 3.63) is 130 Å². The van der Waals surface area contributed by atoms with Gasteiger partial charge in [0.05, 0.1) is 18.8 Å². The molecule has 0 radical (unpaired) electrons. The fourth-order valence-corrected chi connectivity index (χ4v) is 7.67. The Morgan fingerprint density at radius 1 is 0.736 bits per heavy atom. The van der Waals surface area contributed by atoms with E-state index in [4.69, 9.17) is 9.47 Å². The molecule has 3 saturated heterocycles. The molecule has 4 atom stereocenters. The van der Waals surface area contributed by atoms with Gasteiger partial charge in [-0.25, -0.2) is 22.0 Å². The maximum atomic E-state index is 14.2. The zero-order valence-electron chi connectivity index (χ0n) is 29.2. The Kier molecular flexibility index (Phi) is 11.5. The highest BCUT2D eigenvalue weighted by molar-refractivity contribution is 5.94. The van der Waals surface area contributed by atoms with Crippen molar-refractivity contribution in [1.29, 1.82) is 0 Å². The van der Waals surface area contributed by atoms with Crippen LogP contribution in [0.4, 0.5) is 22.0 Å². The van der Waals surface area contributed by atoms with Gasteiger partial charge in [0.15, 0.2) is 29.6 Å². The average molecular weight is 736 g/mol. The lowest BCUT2D eigenvalue weighted by Gasteiger charge is -2.39. The lowest BCUT2D eigenvalue weighted by Crippen LogP contribution is -2.45. The van der Waals surface area contributed by atoms with E-state index in [1.807, 2.05) is 54.6 Å². The first kappa shape index (κ1) is 37.1. The van der Waals surface area contributed by atoms with Gasteiger partial charge in [-0.2, -0.15) is 0 Å². The summed E-state index contributed by atoms with van der Waals surface area (Å²) >= 11 is 0. The summed E-state index contributed by atoms with van der Waals surface area (Å²) in [5, 5.41) is 11.8. The van der Waals surface area contributed by atoms with Crippen molar-refractivity contribution >= 4 is 5.91 Å². The third-order valence-electron chi connectivity index (χ3n) is 10.6. The number of aliphatic hydroxyl groups excluding tert-OH is 1. The summed E-state index contributed by atoms with van der Waals surface area (Å²) in [7, 11) is 0. The average Bonchev–Trinajstić information content (AvgIpc) is 3.88. The molecule has 1 amide bonds. The summed E-state index contributed by atoms with van der Waals surface area (Å²) in [5.74, 6) is -12.5. The van der Waals surface area contributed by atoms with Crippen LogP contribution in [0.25, 0.3) is 11.1 Å². The molecule has 7 nitrogen and oxygen atoms in total. The van der Waals surface area contributed by atoms with Crippen molar-refractivity contribution < 1.29 is 41.3 Å². The monoisotopic (exact) mass is 735 g/mol. The van der Waals surface area contributed by atoms with Crippen LogP contribution in [-0.4, -0.2) is 65.7 Å². The Balaban J connectivity index is 1.05. The van der Waals surface area contributed by atoms with Gasteiger partial charge in [0.1, 0.15) is 5.56 Å². The van der Waals surface area contributed by atoms with Crippen molar-refractivity contribution in [3.8, 4) is 11.1 Å². The van der Waals surface area contributed by atoms with E-state index < -0.39 is 46.8 Å². The number of aliphatic hydroxyl groups is 1. The van der Waals surface area contributed by atoms with Crippen LogP contribution in [0.5, 0.6) is 0 Å². The third-order valence-corrected chi connectivity index (χ3v) is 10.6. The van der Waals surface area contributed by atoms with Crippen molar-refractivity contribution in [2.24, 2.45) is 0 Å². The molecule has 7 rings (SSSR count). The van der Waals surface area contributed by atoms with E-state index in [-0.39, 0.29) is 25.4 Å². The number of likely N-dealkylation sites (tertiary alicyclic amines) is 2. The Morgan fingerprint density at radius 2 is 1.42 bits per heavy atom. The highest BCUT2D eigenvalue weighted by Crippen LogP contribution is 2.39. The van der Waals surface area contributed by atoms with Crippen LogP contribution in [0.3, 0.4) is 0 Å². The van der Waals surface area contributed by atoms with Gasteiger partial charge >= 0.3 is 0 Å². The van der Waals surface area contributed by atoms with Gasteiger partial charge < -0.3 is 24.8 Å². The van der Waals surface area contributed by atoms with E-state index in [1.165, 1.54) is 38.8 Å². The first-order chi connectivity index (χ1) is 25.7. The first-order valence-corrected chi connectivity index (χ1v) is 18.1. The quantitative estimate of drug-likeness (QED) is 0.0941. The fraction of sp³-hybridized carbons (Fsp3) is 0.390. The van der Waals surface area contributed by atoms with Crippen molar-refractivity contribution in [3.63, 3.8) is 0 Å². The highest BCUT2D eigenvalue weighted by Gasteiger charge is 2.36. The SMILES string of the molecule is O=C(NCc1cccc(-c2ccc(C3OC(CN4CCCC4CN4CCCC4)CC(c4ccc(CO)cc4)O3)cc2)c1)c1c(F)c(F)c(F)c(F)c1F. The number of ether oxygens (including phenoxy) is 2. The summed E-state index contributed by atoms with van der Waals surface area (Å²) in [6, 6.07) is 23.1. The van der Waals surface area contributed by atoms with Crippen molar-refractivity contribution in [2.45, 2.75) is 69.8 Å². The third kappa shape index (κ3) is 8.32. The van der Waals surface area contributed by atoms with Gasteiger partial charge in [-0.15, -0.1) is 0 Å². The highest BCUT2D eigenvalue weighted by atomic mass is 19.2. The fourth-order valence-electron chi connectivity index (χ4n) is 7.67. The van der Waals surface area contributed by atoms with E-state index >= 15 is 0 Å². The Hall–Kier alpha value is -4.20. The summed E-state index contributed by atoms with van der Waals surface area (Å²) in [4.78, 5) is 17.6. The number of carbonyl (C=O) groups excluding carboxylic acids is 1. The Morgan fingerprint density at radius 3 is 2.11 bits per heavy atom. The molecular weight excluding hydrogens is 693 g/mol. The topological polar surface area (TPSA) is 74.3 Å². The molecule has 280 valence electrons. The number of benzene rings is 4. The molecule has 4 aromatic carbocycles. The van der Waals surface area contributed by atoms with E-state index in [1.54, 1.807) is 18.2 Å². The number of nitrogens with one attached hydrogen (secondary N) is 1. The molecular formula is C41H42F5N3O4. The largest absolute Gasteiger partial charge is 0.392 e. The van der Waals surface area contributed by atoms with Gasteiger partial charge in [0.25, 0.3) is 5.91 Å². The predicted octanol–water partition coefficient (Wildman–Crippen LogP) is 7.58. The number of rotatable bonds is 11. The molecule has 2 N–H and O–H groups in total. The standard InChI is InChI=1S/C41H42F5N3O4/c42-35-34(36(43)38(45)39(46)37(35)44)40(51)47-21-26-5-3-6-30(19-26)27-12-14-29(15-13-27)41-52-32(20-33(53-41)28-10-8-25(24-50)9-11-28)23-49-18-4-7-31(49)22-48-16-1-2-17-48/h3,5-6,8-15,19,31-33,41,50H,1-2,4,7,16-18,20-24H2,(H,47,51). The zero-order chi connectivity index (χ0) is 37.1. The smallest absolute Gasteiger partial charge is 0.257 e. The second kappa shape index (κ2) is 16.4. The molecule has 4 unspecified atom stereocenters. The van der Waals surface area contributed by atoms with E-state index in [9.17, 15) is 31.9 Å². The number of amides is 1. The summed E-state index contributed by atoms with van der Waals surface area (Å²) in [6.07, 6.45) is 4.72. The van der Waals surface area contributed by atoms with Crippen LogP contribution in [0.15, 0.2) is 72.8 Å². The lowest BCUT2D eigenvalue weighted by molar-refractivity contribution is -0.253. The van der Waals surface area contributed by atoms with Crippen LogP contribution in [0, 0.1) is 29.1 Å². The second-order valence-electron chi connectivity index (χ2n) is 14.1. The Labute approximate surface area is 305 Å². The molecule has 4 aromatic rings. The molecule has 0 bridgehead atoms. The maximum absolute atomic E-state index is 14.2. The first-order valence-electron chi connectivity index (χ1n) is 18.1. The molecule has 3 heterocycles. The summed E-state index contributed by atoms with van der Waals surface area (Å²) < 4.78 is 82.3. The van der Waals surface area contributed by atoms with Crippen LogP contribution >= 0.6 is 0 Å². The molecule has 0 aromatic heterocycles. The minimum absolute atomic E-state index is 0.0319. The predicted molar refractivity (Wildman–Crippen MR) is 188 cm³/mol. The van der Waals surface area contributed by atoms with Gasteiger partial charge in [-0.3, -0.25) is 9.69 Å². The summed E-state index contributed by atoms with van der Waals surface area (Å²) in [6.45, 7) is 5.06. The number of halogens is 5. The molecule has 53 heavy (non-hydrogen) atoms. The minimum Gasteiger partial charge on any atom is -0.392 e. The van der Waals surface area contributed by atoms with Gasteiger partial charge in [0, 0.05) is 37.7 Å². The second-order valence-corrected chi connectivity index (χ2v) is 14.1. The molecule has 3 fully saturated rings. The van der Waals surface area contributed by atoms with Gasteiger partial charge in [-0.1, -0.05) is 66.7 Å². The molecule has 0 saturated carbocycles. The van der Waals surface area contributed by atoms with Crippen molar-refractivity contribution in [1.82, 2.24) is 15.1 Å². The van der Waals surface area contributed by atoms with Crippen molar-refractivity contribution in [2.75, 3.05) is 32.7 Å². The normalized spacial score (nSPS) is 22.4. The Bertz CT molecular complexity index is 1880. The van der Waals surface area contributed by atoms with Gasteiger partial charge in [0.2, 0.25) is 5.82 Å². The number of nitrogens with zero attached hydrogens (tertiary/aromatic N) is 2. The van der Waals surface area contributed by atoms with E-state index in [2.05, 4.69) is 15.1 Å². The number of hydrogen-bond donors (Lipinski definition) is 2. The lowest BCUT2D eigenvalue weighted by atomic mass is 9.98. The number of hydrogen-bond acceptors (Lipinski definition) is 6. The maximum Gasteiger partial charge on any atom is 0.257 e. The molecule has 3 aliphatic heterocycles. The summed E-state index contributed by atoms with van der Waals surface area (Å²) in [5.41, 5.74) is 3.34. The van der Waals surface area contributed by atoms with Crippen LogP contribution in [0.2, 0.25) is 0 Å². The van der Waals surface area contributed by atoms with Crippen LogP contribution in [0.1, 0.15) is 77.1 Å². The zero-order valence-corrected chi connectivity index (χ0v) is 29.2. The van der Waals surface area contributed by atoms with Crippen LogP contribution < -0.4 is 5.32 Å².